The highest BCUT2D eigenvalue weighted by atomic mass is 16.2. The molecule has 94 valence electrons. The molecule has 4 nitrogen and oxygen atoms in total. The van der Waals surface area contributed by atoms with Crippen molar-refractivity contribution in [2.24, 2.45) is 0 Å². The Kier molecular flexibility index (Phi) is 2.45. The molecule has 3 rings (SSSR count). The molecule has 4 heteroatoms. The second kappa shape index (κ2) is 4.02. The van der Waals surface area contributed by atoms with Crippen molar-refractivity contribution in [2.45, 2.75) is 13.3 Å². The minimum absolute atomic E-state index is 0.121. The van der Waals surface area contributed by atoms with E-state index in [4.69, 9.17) is 0 Å². The second-order valence-electron chi connectivity index (χ2n) is 4.40. The van der Waals surface area contributed by atoms with Crippen molar-refractivity contribution in [1.29, 1.82) is 0 Å². The summed E-state index contributed by atoms with van der Waals surface area (Å²) in [5.41, 5.74) is 0.823. The molecular weight excluding hydrogens is 242 g/mol. The lowest BCUT2D eigenvalue weighted by molar-refractivity contribution is -0.126. The fourth-order valence-corrected chi connectivity index (χ4v) is 2.42. The SMILES string of the molecule is CCC(=O)N1C(=O)c2cccc3cccc(c23)C1=O. The smallest absolute Gasteiger partial charge is 0.268 e. The molecule has 0 atom stereocenters. The molecule has 0 saturated heterocycles. The molecule has 19 heavy (non-hydrogen) atoms. The summed E-state index contributed by atoms with van der Waals surface area (Å²) in [6.45, 7) is 1.63. The zero-order chi connectivity index (χ0) is 13.6. The molecule has 3 amide bonds. The average molecular weight is 253 g/mol. The first-order valence-corrected chi connectivity index (χ1v) is 6.08. The number of carbonyl (C=O) groups is 3. The number of carbonyl (C=O) groups excluding carboxylic acids is 3. The van der Waals surface area contributed by atoms with Crippen LogP contribution in [0.4, 0.5) is 0 Å². The van der Waals surface area contributed by atoms with E-state index in [0.29, 0.717) is 16.5 Å². The van der Waals surface area contributed by atoms with Crippen LogP contribution in [0, 0.1) is 0 Å². The van der Waals surface area contributed by atoms with Gasteiger partial charge in [0.2, 0.25) is 5.91 Å². The summed E-state index contributed by atoms with van der Waals surface area (Å²) in [6, 6.07) is 10.5. The van der Waals surface area contributed by atoms with E-state index in [1.165, 1.54) is 0 Å². The third kappa shape index (κ3) is 1.50. The van der Waals surface area contributed by atoms with E-state index in [-0.39, 0.29) is 6.42 Å². The van der Waals surface area contributed by atoms with Gasteiger partial charge in [0.05, 0.1) is 0 Å². The Hall–Kier alpha value is -2.49. The number of amides is 3. The van der Waals surface area contributed by atoms with E-state index in [9.17, 15) is 14.4 Å². The van der Waals surface area contributed by atoms with Gasteiger partial charge in [0, 0.05) is 22.9 Å². The normalized spacial score (nSPS) is 14.1. The second-order valence-corrected chi connectivity index (χ2v) is 4.40. The first-order valence-electron chi connectivity index (χ1n) is 6.08. The molecule has 2 aromatic rings. The Balaban J connectivity index is 2.34. The summed E-state index contributed by atoms with van der Waals surface area (Å²) in [4.78, 5) is 37.1. The van der Waals surface area contributed by atoms with Crippen molar-refractivity contribution >= 4 is 28.5 Å². The average Bonchev–Trinajstić information content (AvgIpc) is 2.44. The molecule has 0 spiro atoms. The molecule has 1 aliphatic heterocycles. The summed E-state index contributed by atoms with van der Waals surface area (Å²) in [5, 5.41) is 1.47. The summed E-state index contributed by atoms with van der Waals surface area (Å²) in [5.74, 6) is -1.52. The van der Waals surface area contributed by atoms with Crippen LogP contribution in [0.3, 0.4) is 0 Å². The molecule has 0 saturated carbocycles. The lowest BCUT2D eigenvalue weighted by Gasteiger charge is -2.25. The molecular formula is C15H11NO3. The van der Waals surface area contributed by atoms with Crippen LogP contribution in [-0.2, 0) is 4.79 Å². The van der Waals surface area contributed by atoms with Gasteiger partial charge < -0.3 is 0 Å². The number of nitrogens with zero attached hydrogens (tertiary/aromatic N) is 1. The first-order chi connectivity index (χ1) is 9.15. The molecule has 0 fully saturated rings. The molecule has 1 aliphatic rings. The van der Waals surface area contributed by atoms with Crippen LogP contribution in [0.5, 0.6) is 0 Å². The maximum Gasteiger partial charge on any atom is 0.268 e. The van der Waals surface area contributed by atoms with E-state index in [0.717, 1.165) is 10.3 Å². The highest BCUT2D eigenvalue weighted by Crippen LogP contribution is 2.30. The van der Waals surface area contributed by atoms with E-state index in [1.54, 1.807) is 31.2 Å². The summed E-state index contributed by atoms with van der Waals surface area (Å²) in [6.07, 6.45) is 0.121. The van der Waals surface area contributed by atoms with Crippen molar-refractivity contribution < 1.29 is 14.4 Å². The topological polar surface area (TPSA) is 54.5 Å². The van der Waals surface area contributed by atoms with Gasteiger partial charge in [-0.15, -0.1) is 0 Å². The Bertz CT molecular complexity index is 682. The van der Waals surface area contributed by atoms with Gasteiger partial charge in [-0.1, -0.05) is 31.2 Å². The number of rotatable bonds is 1. The predicted octanol–water partition coefficient (Wildman–Crippen LogP) is 2.37. The van der Waals surface area contributed by atoms with Crippen molar-refractivity contribution in [2.75, 3.05) is 0 Å². The molecule has 0 bridgehead atoms. The van der Waals surface area contributed by atoms with Gasteiger partial charge in [-0.25, -0.2) is 4.90 Å². The van der Waals surface area contributed by atoms with E-state index < -0.39 is 17.7 Å². The lowest BCUT2D eigenvalue weighted by Crippen LogP contribution is -2.44. The zero-order valence-electron chi connectivity index (χ0n) is 10.3. The summed E-state index contributed by atoms with van der Waals surface area (Å²) < 4.78 is 0. The maximum absolute atomic E-state index is 12.3. The lowest BCUT2D eigenvalue weighted by atomic mass is 9.94. The molecule has 0 radical (unpaired) electrons. The van der Waals surface area contributed by atoms with Crippen molar-refractivity contribution in [3.8, 4) is 0 Å². The molecule has 0 N–H and O–H groups in total. The minimum atomic E-state index is -0.527. The van der Waals surface area contributed by atoms with E-state index in [2.05, 4.69) is 0 Å². The van der Waals surface area contributed by atoms with Crippen molar-refractivity contribution in [3.63, 3.8) is 0 Å². The number of benzene rings is 2. The van der Waals surface area contributed by atoms with Gasteiger partial charge in [-0.05, 0) is 17.5 Å². The number of imide groups is 3. The standard InChI is InChI=1S/C15H11NO3/c1-2-12(17)16-14(18)10-7-3-5-9-6-4-8-11(13(9)10)15(16)19/h3-8H,2H2,1H3. The molecule has 1 heterocycles. The van der Waals surface area contributed by atoms with Crippen LogP contribution >= 0.6 is 0 Å². The van der Waals surface area contributed by atoms with Gasteiger partial charge in [0.15, 0.2) is 0 Å². The quantitative estimate of drug-likeness (QED) is 0.733. The van der Waals surface area contributed by atoms with E-state index in [1.807, 2.05) is 12.1 Å². The number of hydrogen-bond donors (Lipinski definition) is 0. The number of hydrogen-bond acceptors (Lipinski definition) is 3. The van der Waals surface area contributed by atoms with Gasteiger partial charge >= 0.3 is 0 Å². The van der Waals surface area contributed by atoms with Gasteiger partial charge in [0.1, 0.15) is 0 Å². The summed E-state index contributed by atoms with van der Waals surface area (Å²) in [7, 11) is 0. The Morgan fingerprint density at radius 1 is 1.00 bits per heavy atom. The molecule has 2 aromatic carbocycles. The highest BCUT2D eigenvalue weighted by Gasteiger charge is 2.35. The monoisotopic (exact) mass is 253 g/mol. The predicted molar refractivity (Wildman–Crippen MR) is 69.7 cm³/mol. The minimum Gasteiger partial charge on any atom is -0.274 e. The van der Waals surface area contributed by atoms with Gasteiger partial charge in [-0.3, -0.25) is 14.4 Å². The molecule has 0 aliphatic carbocycles. The van der Waals surface area contributed by atoms with Crippen LogP contribution in [0.1, 0.15) is 34.1 Å². The van der Waals surface area contributed by atoms with Gasteiger partial charge in [0.25, 0.3) is 11.8 Å². The third-order valence-electron chi connectivity index (χ3n) is 3.32. The van der Waals surface area contributed by atoms with Crippen LogP contribution in [0.25, 0.3) is 10.8 Å². The van der Waals surface area contributed by atoms with Crippen LogP contribution in [0.2, 0.25) is 0 Å². The zero-order valence-corrected chi connectivity index (χ0v) is 10.3. The van der Waals surface area contributed by atoms with Crippen LogP contribution in [-0.4, -0.2) is 22.6 Å². The molecule has 0 aromatic heterocycles. The maximum atomic E-state index is 12.3. The molecule has 0 unspecified atom stereocenters. The Labute approximate surface area is 109 Å². The fraction of sp³-hybridized carbons (Fsp3) is 0.133. The largest absolute Gasteiger partial charge is 0.274 e. The van der Waals surface area contributed by atoms with Gasteiger partial charge in [-0.2, -0.15) is 0 Å². The van der Waals surface area contributed by atoms with Crippen molar-refractivity contribution in [3.05, 3.63) is 47.5 Å². The van der Waals surface area contributed by atoms with E-state index >= 15 is 0 Å². The summed E-state index contributed by atoms with van der Waals surface area (Å²) >= 11 is 0. The fourth-order valence-electron chi connectivity index (χ4n) is 2.42. The third-order valence-corrected chi connectivity index (χ3v) is 3.32. The van der Waals surface area contributed by atoms with Crippen LogP contribution in [0.15, 0.2) is 36.4 Å². The first kappa shape index (κ1) is 11.6. The Morgan fingerprint density at radius 3 is 2.00 bits per heavy atom. The highest BCUT2D eigenvalue weighted by molar-refractivity contribution is 6.31. The Morgan fingerprint density at radius 2 is 1.53 bits per heavy atom. The van der Waals surface area contributed by atoms with Crippen molar-refractivity contribution in [1.82, 2.24) is 4.90 Å². The van der Waals surface area contributed by atoms with Crippen LogP contribution < -0.4 is 0 Å².